The Hall–Kier alpha value is -1.69. The molecule has 0 N–H and O–H groups in total. The summed E-state index contributed by atoms with van der Waals surface area (Å²) in [6.07, 6.45) is 0. The molecular formula is C12F11Ga. The molecule has 0 aliphatic rings. The molecule has 0 aromatic heterocycles. The monoisotopic (exact) mass is 422 g/mol. The topological polar surface area (TPSA) is 0 Å². The molecule has 12 heteroatoms. The summed E-state index contributed by atoms with van der Waals surface area (Å²) in [6, 6.07) is 0. The molecule has 128 valence electrons. The van der Waals surface area contributed by atoms with Gasteiger partial charge in [-0.05, 0) is 0 Å². The molecule has 0 aliphatic carbocycles. The zero-order chi connectivity index (χ0) is 18.5. The van der Waals surface area contributed by atoms with Crippen LogP contribution in [0.3, 0.4) is 0 Å². The van der Waals surface area contributed by atoms with E-state index in [1.807, 2.05) is 0 Å². The maximum absolute atomic E-state index is 14.2. The van der Waals surface area contributed by atoms with Crippen molar-refractivity contribution >= 4 is 25.0 Å². The average molecular weight is 423 g/mol. The second-order valence-corrected chi connectivity index (χ2v) is 8.27. The normalized spacial score (nSPS) is 11.1. The molecule has 2 aromatic rings. The van der Waals surface area contributed by atoms with Crippen molar-refractivity contribution in [2.75, 3.05) is 0 Å². The molecule has 0 saturated carbocycles. The van der Waals surface area contributed by atoms with Crippen LogP contribution < -0.4 is 8.24 Å². The Morgan fingerprint density at radius 1 is 0.333 bits per heavy atom. The molecule has 2 aromatic carbocycles. The molecule has 0 aliphatic heterocycles. The Morgan fingerprint density at radius 3 is 0.708 bits per heavy atom. The molecule has 0 saturated heterocycles. The molecule has 0 atom stereocenters. The summed E-state index contributed by atoms with van der Waals surface area (Å²) < 4.78 is 141. The van der Waals surface area contributed by atoms with Crippen molar-refractivity contribution in [3.05, 3.63) is 58.2 Å². The molecule has 0 radical (unpaired) electrons. The van der Waals surface area contributed by atoms with Crippen molar-refractivity contribution in [1.82, 2.24) is 0 Å². The van der Waals surface area contributed by atoms with Crippen molar-refractivity contribution in [1.29, 1.82) is 0 Å². The fraction of sp³-hybridized carbons (Fsp3) is 0. The fourth-order valence-corrected chi connectivity index (χ4v) is 5.37. The first kappa shape index (κ1) is 18.6. The summed E-state index contributed by atoms with van der Waals surface area (Å²) in [7, 11) is 0. The zero-order valence-corrected chi connectivity index (χ0v) is 13.2. The van der Waals surface area contributed by atoms with Crippen molar-refractivity contribution in [3.8, 4) is 0 Å². The van der Waals surface area contributed by atoms with Crippen LogP contribution >= 0.6 is 0 Å². The van der Waals surface area contributed by atoms with Gasteiger partial charge in [-0.25, -0.2) is 0 Å². The van der Waals surface area contributed by atoms with Gasteiger partial charge in [0.15, 0.2) is 0 Å². The van der Waals surface area contributed by atoms with E-state index in [2.05, 4.69) is 0 Å². The molecule has 0 nitrogen and oxygen atoms in total. The van der Waals surface area contributed by atoms with Crippen LogP contribution in [0.2, 0.25) is 0 Å². The van der Waals surface area contributed by atoms with Crippen molar-refractivity contribution in [3.63, 3.8) is 0 Å². The zero-order valence-electron chi connectivity index (χ0n) is 10.7. The van der Waals surface area contributed by atoms with E-state index in [1.54, 1.807) is 0 Å². The molecule has 0 unspecified atom stereocenters. The van der Waals surface area contributed by atoms with Gasteiger partial charge in [-0.15, -0.1) is 0 Å². The van der Waals surface area contributed by atoms with Gasteiger partial charge in [0.2, 0.25) is 0 Å². The van der Waals surface area contributed by atoms with Gasteiger partial charge in [-0.3, -0.25) is 0 Å². The van der Waals surface area contributed by atoms with E-state index in [-0.39, 0.29) is 0 Å². The molecule has 0 amide bonds. The maximum atomic E-state index is 14.2. The average Bonchev–Trinajstić information content (AvgIpc) is 2.55. The van der Waals surface area contributed by atoms with Gasteiger partial charge in [0.25, 0.3) is 0 Å². The van der Waals surface area contributed by atoms with Gasteiger partial charge >= 0.3 is 130 Å². The van der Waals surface area contributed by atoms with Gasteiger partial charge in [-0.2, -0.15) is 0 Å². The van der Waals surface area contributed by atoms with Gasteiger partial charge < -0.3 is 0 Å². The van der Waals surface area contributed by atoms with E-state index in [1.165, 1.54) is 0 Å². The number of halogens is 11. The SMILES string of the molecule is Fc1c(F)c(F)[c]([Ga]([F])[c]2c(F)c(F)c(F)c(F)c2F)c(F)c1F. The number of benzene rings is 2. The third kappa shape index (κ3) is 2.57. The Bertz CT molecular complexity index is 720. The van der Waals surface area contributed by atoms with Gasteiger partial charge in [-0.1, -0.05) is 0 Å². The number of hydrogen-bond acceptors (Lipinski definition) is 0. The third-order valence-electron chi connectivity index (χ3n) is 2.99. The van der Waals surface area contributed by atoms with Crippen molar-refractivity contribution < 1.29 is 47.2 Å². The minimum absolute atomic E-state index is 2.21. The molecule has 0 heterocycles. The number of rotatable bonds is 2. The predicted octanol–water partition coefficient (Wildman–Crippen LogP) is 3.15. The van der Waals surface area contributed by atoms with Crippen LogP contribution in [-0.2, 0) is 0 Å². The van der Waals surface area contributed by atoms with Crippen LogP contribution in [0, 0.1) is 58.2 Å². The summed E-state index contributed by atoms with van der Waals surface area (Å²) in [5.74, 6) is -26.7. The minimum atomic E-state index is -6.10. The molecule has 0 fully saturated rings. The molecule has 0 spiro atoms. The summed E-state index contributed by atoms with van der Waals surface area (Å²) in [6.45, 7) is 0. The van der Waals surface area contributed by atoms with Crippen LogP contribution in [0.15, 0.2) is 0 Å². The van der Waals surface area contributed by atoms with Crippen LogP contribution in [0.1, 0.15) is 0 Å². The summed E-state index contributed by atoms with van der Waals surface area (Å²) in [5.41, 5.74) is 0. The van der Waals surface area contributed by atoms with Gasteiger partial charge in [0.05, 0.1) is 0 Å². The Kier molecular flexibility index (Phi) is 4.90. The summed E-state index contributed by atoms with van der Waals surface area (Å²) in [4.78, 5) is 0. The predicted molar refractivity (Wildman–Crippen MR) is 58.6 cm³/mol. The quantitative estimate of drug-likeness (QED) is 0.302. The first-order valence-electron chi connectivity index (χ1n) is 5.69. The van der Waals surface area contributed by atoms with Crippen LogP contribution in [-0.4, -0.2) is 16.7 Å². The molecular weight excluding hydrogens is 423 g/mol. The Balaban J connectivity index is 2.84. The van der Waals surface area contributed by atoms with Crippen molar-refractivity contribution in [2.24, 2.45) is 0 Å². The van der Waals surface area contributed by atoms with Gasteiger partial charge in [0, 0.05) is 0 Å². The third-order valence-corrected chi connectivity index (χ3v) is 7.25. The van der Waals surface area contributed by atoms with E-state index in [4.69, 9.17) is 0 Å². The first-order valence-corrected chi connectivity index (χ1v) is 9.02. The van der Waals surface area contributed by atoms with E-state index in [0.29, 0.717) is 0 Å². The van der Waals surface area contributed by atoms with Crippen molar-refractivity contribution in [2.45, 2.75) is 0 Å². The van der Waals surface area contributed by atoms with Crippen LogP contribution in [0.4, 0.5) is 47.2 Å². The molecule has 0 bridgehead atoms. The summed E-state index contributed by atoms with van der Waals surface area (Å²) >= 11 is -6.10. The number of hydrogen-bond donors (Lipinski definition) is 0. The summed E-state index contributed by atoms with van der Waals surface area (Å²) in [5, 5.41) is 0. The second-order valence-electron chi connectivity index (χ2n) is 4.33. The van der Waals surface area contributed by atoms with Gasteiger partial charge in [0.1, 0.15) is 0 Å². The Labute approximate surface area is 131 Å². The van der Waals surface area contributed by atoms with E-state index < -0.39 is 83.1 Å². The van der Waals surface area contributed by atoms with E-state index in [9.17, 15) is 47.2 Å². The first-order chi connectivity index (χ1) is 11.0. The van der Waals surface area contributed by atoms with Crippen LogP contribution in [0.5, 0.6) is 0 Å². The molecule has 24 heavy (non-hydrogen) atoms. The Morgan fingerprint density at radius 2 is 0.500 bits per heavy atom. The standard InChI is InChI=1S/2C6F5.FH.Ga/c2*7-2-1-3(8)5(10)6(11)4(2)9;;/h;;1H;/q;;;+1/p-1. The molecule has 2 rings (SSSR count). The fourth-order valence-electron chi connectivity index (χ4n) is 1.83. The van der Waals surface area contributed by atoms with E-state index in [0.717, 1.165) is 0 Å². The van der Waals surface area contributed by atoms with Crippen LogP contribution in [0.25, 0.3) is 0 Å². The second kappa shape index (κ2) is 6.31. The van der Waals surface area contributed by atoms with E-state index >= 15 is 0 Å².